The first kappa shape index (κ1) is 13.0. The summed E-state index contributed by atoms with van der Waals surface area (Å²) < 4.78 is 26.0. The second-order valence-electron chi connectivity index (χ2n) is 4.91. The Bertz CT molecular complexity index is 461. The first-order valence-corrected chi connectivity index (χ1v) is 6.21. The molecule has 0 radical (unpaired) electrons. The first-order valence-electron chi connectivity index (χ1n) is 6.21. The van der Waals surface area contributed by atoms with Crippen LogP contribution in [0, 0.1) is 28.4 Å². The summed E-state index contributed by atoms with van der Waals surface area (Å²) in [6.45, 7) is 1.26. The fourth-order valence-electron chi connectivity index (χ4n) is 2.21. The lowest BCUT2D eigenvalue weighted by molar-refractivity contribution is 0.208. The molecule has 2 nitrogen and oxygen atoms in total. The maximum Gasteiger partial charge on any atom is 0.129 e. The Kier molecular flexibility index (Phi) is 3.93. The summed E-state index contributed by atoms with van der Waals surface area (Å²) in [6, 6.07) is 5.98. The van der Waals surface area contributed by atoms with E-state index >= 15 is 0 Å². The summed E-state index contributed by atoms with van der Waals surface area (Å²) >= 11 is 0. The third-order valence-corrected chi connectivity index (χ3v) is 3.60. The number of halogens is 2. The Hall–Kier alpha value is -1.47. The monoisotopic (exact) mass is 250 g/mol. The molecule has 0 bridgehead atoms. The minimum Gasteiger partial charge on any atom is -0.315 e. The van der Waals surface area contributed by atoms with E-state index in [4.69, 9.17) is 5.26 Å². The van der Waals surface area contributed by atoms with Crippen LogP contribution in [0.5, 0.6) is 0 Å². The van der Waals surface area contributed by atoms with Crippen LogP contribution in [0.4, 0.5) is 8.78 Å². The van der Waals surface area contributed by atoms with Crippen LogP contribution >= 0.6 is 0 Å². The van der Waals surface area contributed by atoms with E-state index in [-0.39, 0.29) is 5.41 Å². The molecule has 18 heavy (non-hydrogen) atoms. The van der Waals surface area contributed by atoms with Gasteiger partial charge in [0.2, 0.25) is 0 Å². The third-order valence-electron chi connectivity index (χ3n) is 3.60. The lowest BCUT2D eigenvalue weighted by Gasteiger charge is -2.35. The summed E-state index contributed by atoms with van der Waals surface area (Å²) in [5, 5.41) is 12.2. The van der Waals surface area contributed by atoms with Crippen molar-refractivity contribution >= 4 is 0 Å². The molecule has 1 aromatic carbocycles. The van der Waals surface area contributed by atoms with Crippen LogP contribution in [0.15, 0.2) is 18.2 Å². The topological polar surface area (TPSA) is 35.8 Å². The molecule has 0 atom stereocenters. The van der Waals surface area contributed by atoms with Crippen molar-refractivity contribution in [3.05, 3.63) is 35.4 Å². The molecule has 2 rings (SSSR count). The van der Waals surface area contributed by atoms with Gasteiger partial charge in [-0.05, 0) is 37.4 Å². The standard InChI is InChI=1S/C14H16F2N2/c15-12-3-2-11(13(16)8-12)4-7-18-10-14(9-17)5-1-6-14/h2-3,8,18H,1,4-7,10H2. The fraction of sp³-hybridized carbons (Fsp3) is 0.500. The predicted octanol–water partition coefficient (Wildman–Crippen LogP) is 2.79. The minimum atomic E-state index is -0.554. The van der Waals surface area contributed by atoms with Gasteiger partial charge in [0.25, 0.3) is 0 Å². The van der Waals surface area contributed by atoms with Gasteiger partial charge in [0, 0.05) is 12.6 Å². The second kappa shape index (κ2) is 5.45. The summed E-state index contributed by atoms with van der Waals surface area (Å²) in [5.41, 5.74) is 0.296. The van der Waals surface area contributed by atoms with Crippen molar-refractivity contribution in [3.63, 3.8) is 0 Å². The van der Waals surface area contributed by atoms with Gasteiger partial charge in [-0.2, -0.15) is 5.26 Å². The van der Waals surface area contributed by atoms with Crippen LogP contribution in [0.25, 0.3) is 0 Å². The minimum absolute atomic E-state index is 0.207. The summed E-state index contributed by atoms with van der Waals surface area (Å²) in [7, 11) is 0. The van der Waals surface area contributed by atoms with Gasteiger partial charge in [-0.15, -0.1) is 0 Å². The molecule has 0 spiro atoms. The highest BCUT2D eigenvalue weighted by molar-refractivity contribution is 5.18. The number of hydrogen-bond donors (Lipinski definition) is 1. The van der Waals surface area contributed by atoms with Gasteiger partial charge in [0.1, 0.15) is 11.6 Å². The smallest absolute Gasteiger partial charge is 0.129 e. The molecule has 96 valence electrons. The maximum absolute atomic E-state index is 13.3. The van der Waals surface area contributed by atoms with E-state index in [1.165, 1.54) is 12.1 Å². The summed E-state index contributed by atoms with van der Waals surface area (Å²) in [5.74, 6) is -1.06. The van der Waals surface area contributed by atoms with Crippen molar-refractivity contribution in [2.75, 3.05) is 13.1 Å². The quantitative estimate of drug-likeness (QED) is 0.816. The van der Waals surface area contributed by atoms with Gasteiger partial charge in [-0.3, -0.25) is 0 Å². The van der Waals surface area contributed by atoms with Gasteiger partial charge >= 0.3 is 0 Å². The molecule has 1 aliphatic rings. The molecule has 0 amide bonds. The molecule has 0 heterocycles. The molecule has 4 heteroatoms. The van der Waals surface area contributed by atoms with E-state index in [0.29, 0.717) is 25.1 Å². The number of nitrogens with zero attached hydrogens (tertiary/aromatic N) is 1. The second-order valence-corrected chi connectivity index (χ2v) is 4.91. The Morgan fingerprint density at radius 3 is 2.67 bits per heavy atom. The molecule has 0 unspecified atom stereocenters. The zero-order valence-corrected chi connectivity index (χ0v) is 10.2. The van der Waals surface area contributed by atoms with E-state index in [0.717, 1.165) is 25.3 Å². The fourth-order valence-corrected chi connectivity index (χ4v) is 2.21. The molecule has 1 aliphatic carbocycles. The predicted molar refractivity (Wildman–Crippen MR) is 64.8 cm³/mol. The zero-order chi connectivity index (χ0) is 13.0. The first-order chi connectivity index (χ1) is 8.65. The number of benzene rings is 1. The van der Waals surface area contributed by atoms with Crippen molar-refractivity contribution in [2.24, 2.45) is 5.41 Å². The highest BCUT2D eigenvalue weighted by Gasteiger charge is 2.36. The summed E-state index contributed by atoms with van der Waals surface area (Å²) in [4.78, 5) is 0. The van der Waals surface area contributed by atoms with Crippen LogP contribution < -0.4 is 5.32 Å². The van der Waals surface area contributed by atoms with E-state index in [9.17, 15) is 8.78 Å². The Morgan fingerprint density at radius 1 is 1.33 bits per heavy atom. The van der Waals surface area contributed by atoms with Crippen molar-refractivity contribution in [2.45, 2.75) is 25.7 Å². The molecule has 0 saturated heterocycles. The highest BCUT2D eigenvalue weighted by Crippen LogP contribution is 2.39. The highest BCUT2D eigenvalue weighted by atomic mass is 19.1. The molecule has 1 aromatic rings. The zero-order valence-electron chi connectivity index (χ0n) is 10.2. The molecule has 1 fully saturated rings. The summed E-state index contributed by atoms with van der Waals surface area (Å²) in [6.07, 6.45) is 3.51. The number of hydrogen-bond acceptors (Lipinski definition) is 2. The number of nitriles is 1. The van der Waals surface area contributed by atoms with Crippen LogP contribution in [0.2, 0.25) is 0 Å². The molecule has 1 saturated carbocycles. The molecular formula is C14H16F2N2. The van der Waals surface area contributed by atoms with E-state index in [2.05, 4.69) is 11.4 Å². The van der Waals surface area contributed by atoms with Gasteiger partial charge in [0.05, 0.1) is 11.5 Å². The van der Waals surface area contributed by atoms with Crippen LogP contribution in [0.1, 0.15) is 24.8 Å². The van der Waals surface area contributed by atoms with Crippen molar-refractivity contribution in [3.8, 4) is 6.07 Å². The van der Waals surface area contributed by atoms with Crippen molar-refractivity contribution in [1.82, 2.24) is 5.32 Å². The third kappa shape index (κ3) is 2.85. The Morgan fingerprint density at radius 2 is 2.11 bits per heavy atom. The van der Waals surface area contributed by atoms with Crippen molar-refractivity contribution in [1.29, 1.82) is 5.26 Å². The normalized spacial score (nSPS) is 16.9. The lowest BCUT2D eigenvalue weighted by atomic mass is 9.70. The van der Waals surface area contributed by atoms with Gasteiger partial charge in [-0.1, -0.05) is 12.5 Å². The molecule has 0 aromatic heterocycles. The van der Waals surface area contributed by atoms with E-state index in [1.54, 1.807) is 0 Å². The molecular weight excluding hydrogens is 234 g/mol. The van der Waals surface area contributed by atoms with Gasteiger partial charge < -0.3 is 5.32 Å². The SMILES string of the molecule is N#CC1(CNCCc2ccc(F)cc2F)CCC1. The largest absolute Gasteiger partial charge is 0.315 e. The van der Waals surface area contributed by atoms with Crippen LogP contribution in [-0.2, 0) is 6.42 Å². The van der Waals surface area contributed by atoms with Gasteiger partial charge in [-0.25, -0.2) is 8.78 Å². The average molecular weight is 250 g/mol. The Balaban J connectivity index is 1.77. The number of rotatable bonds is 5. The van der Waals surface area contributed by atoms with Crippen LogP contribution in [-0.4, -0.2) is 13.1 Å². The maximum atomic E-state index is 13.3. The average Bonchev–Trinajstić information content (AvgIpc) is 2.29. The van der Waals surface area contributed by atoms with Gasteiger partial charge in [0.15, 0.2) is 0 Å². The Labute approximate surface area is 106 Å². The molecule has 0 aliphatic heterocycles. The van der Waals surface area contributed by atoms with Crippen LogP contribution in [0.3, 0.4) is 0 Å². The molecule has 1 N–H and O–H groups in total. The van der Waals surface area contributed by atoms with Crippen molar-refractivity contribution < 1.29 is 8.78 Å². The van der Waals surface area contributed by atoms with E-state index in [1.807, 2.05) is 0 Å². The number of nitrogens with one attached hydrogen (secondary N) is 1. The lowest BCUT2D eigenvalue weighted by Crippen LogP contribution is -2.39. The van der Waals surface area contributed by atoms with E-state index < -0.39 is 11.6 Å².